The van der Waals surface area contributed by atoms with Crippen molar-refractivity contribution >= 4 is 29.7 Å². The number of hydrogen-bond donors (Lipinski definition) is 7. The predicted octanol–water partition coefficient (Wildman–Crippen LogP) is -2.61. The lowest BCUT2D eigenvalue weighted by Gasteiger charge is -2.24. The SMILES string of the molecule is CC(C)CC(NC(=O)C(C)N)C(=O)NC(CC(=O)O)C(=O)NC(CO)C(=O)O. The second-order valence-corrected chi connectivity index (χ2v) is 6.72. The summed E-state index contributed by atoms with van der Waals surface area (Å²) in [5, 5.41) is 33.4. The monoisotopic (exact) mass is 404 g/mol. The third-order valence-corrected chi connectivity index (χ3v) is 3.56. The van der Waals surface area contributed by atoms with E-state index in [2.05, 4.69) is 10.6 Å². The van der Waals surface area contributed by atoms with E-state index >= 15 is 0 Å². The highest BCUT2D eigenvalue weighted by molar-refractivity contribution is 5.95. The van der Waals surface area contributed by atoms with Crippen LogP contribution in [0.2, 0.25) is 0 Å². The molecule has 0 aliphatic carbocycles. The highest BCUT2D eigenvalue weighted by Gasteiger charge is 2.31. The molecule has 3 amide bonds. The van der Waals surface area contributed by atoms with Gasteiger partial charge in [0.1, 0.15) is 18.1 Å². The number of aliphatic hydroxyl groups is 1. The van der Waals surface area contributed by atoms with E-state index in [1.165, 1.54) is 6.92 Å². The van der Waals surface area contributed by atoms with E-state index in [1.54, 1.807) is 13.8 Å². The van der Waals surface area contributed by atoms with Gasteiger partial charge in [-0.15, -0.1) is 0 Å². The van der Waals surface area contributed by atoms with Gasteiger partial charge in [0.15, 0.2) is 0 Å². The summed E-state index contributed by atoms with van der Waals surface area (Å²) in [6.07, 6.45) is -0.634. The molecule has 12 nitrogen and oxygen atoms in total. The zero-order chi connectivity index (χ0) is 22.0. The molecule has 0 saturated heterocycles. The van der Waals surface area contributed by atoms with E-state index in [0.717, 1.165) is 0 Å². The fourth-order valence-corrected chi connectivity index (χ4v) is 2.12. The molecule has 0 spiro atoms. The molecule has 28 heavy (non-hydrogen) atoms. The number of nitrogens with one attached hydrogen (secondary N) is 3. The number of carbonyl (C=O) groups is 5. The fourth-order valence-electron chi connectivity index (χ4n) is 2.12. The molecule has 4 atom stereocenters. The number of aliphatic carboxylic acids is 2. The standard InChI is InChI=1S/C16H28N4O8/c1-7(2)4-9(18-13(24)8(3)17)14(25)19-10(5-12(22)23)15(26)20-11(6-21)16(27)28/h7-11,21H,4-6,17H2,1-3H3,(H,18,24)(H,19,25)(H,20,26)(H,22,23)(H,27,28). The van der Waals surface area contributed by atoms with Gasteiger partial charge in [0.25, 0.3) is 0 Å². The summed E-state index contributed by atoms with van der Waals surface area (Å²) in [6.45, 7) is 4.08. The summed E-state index contributed by atoms with van der Waals surface area (Å²) in [6, 6.07) is -5.23. The zero-order valence-corrected chi connectivity index (χ0v) is 16.0. The number of rotatable bonds is 12. The second kappa shape index (κ2) is 11.9. The number of aliphatic hydroxyl groups excluding tert-OH is 1. The van der Waals surface area contributed by atoms with Gasteiger partial charge in [-0.25, -0.2) is 4.79 Å². The van der Waals surface area contributed by atoms with Crippen molar-refractivity contribution < 1.29 is 39.3 Å². The van der Waals surface area contributed by atoms with Gasteiger partial charge in [0.2, 0.25) is 17.7 Å². The van der Waals surface area contributed by atoms with Gasteiger partial charge in [-0.05, 0) is 19.3 Å². The number of hydrogen-bond acceptors (Lipinski definition) is 7. The lowest BCUT2D eigenvalue weighted by molar-refractivity contribution is -0.144. The molecule has 0 heterocycles. The molecule has 8 N–H and O–H groups in total. The smallest absolute Gasteiger partial charge is 0.328 e. The first-order chi connectivity index (χ1) is 12.9. The van der Waals surface area contributed by atoms with Crippen molar-refractivity contribution in [3.05, 3.63) is 0 Å². The van der Waals surface area contributed by atoms with Crippen LogP contribution >= 0.6 is 0 Å². The molecule has 0 aromatic rings. The van der Waals surface area contributed by atoms with Crippen LogP contribution in [0.4, 0.5) is 0 Å². The van der Waals surface area contributed by atoms with E-state index < -0.39 is 66.9 Å². The first kappa shape index (κ1) is 25.3. The Morgan fingerprint density at radius 2 is 1.29 bits per heavy atom. The van der Waals surface area contributed by atoms with Crippen LogP contribution in [0.5, 0.6) is 0 Å². The van der Waals surface area contributed by atoms with Crippen LogP contribution in [0.25, 0.3) is 0 Å². The number of amides is 3. The normalized spacial score (nSPS) is 15.1. The van der Waals surface area contributed by atoms with Gasteiger partial charge < -0.3 is 37.0 Å². The molecule has 4 unspecified atom stereocenters. The molecule has 0 radical (unpaired) electrons. The average Bonchev–Trinajstić information content (AvgIpc) is 2.56. The number of carboxylic acid groups (broad SMARTS) is 2. The Balaban J connectivity index is 5.36. The van der Waals surface area contributed by atoms with Crippen molar-refractivity contribution in [3.63, 3.8) is 0 Å². The van der Waals surface area contributed by atoms with Crippen LogP contribution < -0.4 is 21.7 Å². The van der Waals surface area contributed by atoms with Crippen molar-refractivity contribution in [1.29, 1.82) is 0 Å². The Kier molecular flexibility index (Phi) is 10.7. The largest absolute Gasteiger partial charge is 0.481 e. The lowest BCUT2D eigenvalue weighted by atomic mass is 10.0. The summed E-state index contributed by atoms with van der Waals surface area (Å²) < 4.78 is 0. The Labute approximate surface area is 161 Å². The minimum absolute atomic E-state index is 0.0262. The summed E-state index contributed by atoms with van der Waals surface area (Å²) in [5.74, 6) is -5.50. The molecule has 0 aliphatic heterocycles. The van der Waals surface area contributed by atoms with Crippen molar-refractivity contribution in [2.75, 3.05) is 6.61 Å². The third-order valence-electron chi connectivity index (χ3n) is 3.56. The Hall–Kier alpha value is -2.73. The highest BCUT2D eigenvalue weighted by Crippen LogP contribution is 2.07. The average molecular weight is 404 g/mol. The molecular weight excluding hydrogens is 376 g/mol. The van der Waals surface area contributed by atoms with Gasteiger partial charge in [0, 0.05) is 0 Å². The van der Waals surface area contributed by atoms with Crippen LogP contribution in [0, 0.1) is 5.92 Å². The van der Waals surface area contributed by atoms with Crippen LogP contribution in [-0.4, -0.2) is 75.8 Å². The summed E-state index contributed by atoms with van der Waals surface area (Å²) >= 11 is 0. The van der Waals surface area contributed by atoms with Crippen molar-refractivity contribution in [2.45, 2.75) is 57.8 Å². The molecule has 12 heteroatoms. The molecule has 0 fully saturated rings. The maximum atomic E-state index is 12.5. The Morgan fingerprint density at radius 1 is 0.821 bits per heavy atom. The predicted molar refractivity (Wildman–Crippen MR) is 95.9 cm³/mol. The number of carboxylic acids is 2. The molecule has 0 aromatic heterocycles. The topological polar surface area (TPSA) is 208 Å². The van der Waals surface area contributed by atoms with E-state index in [0.29, 0.717) is 0 Å². The van der Waals surface area contributed by atoms with E-state index in [-0.39, 0.29) is 12.3 Å². The summed E-state index contributed by atoms with van der Waals surface area (Å²) in [4.78, 5) is 58.4. The van der Waals surface area contributed by atoms with Crippen molar-refractivity contribution in [1.82, 2.24) is 16.0 Å². The molecule has 0 bridgehead atoms. The molecule has 160 valence electrons. The summed E-state index contributed by atoms with van der Waals surface area (Å²) in [7, 11) is 0. The van der Waals surface area contributed by atoms with Gasteiger partial charge in [-0.3, -0.25) is 19.2 Å². The highest BCUT2D eigenvalue weighted by atomic mass is 16.4. The molecule has 0 saturated carbocycles. The van der Waals surface area contributed by atoms with E-state index in [4.69, 9.17) is 21.1 Å². The number of nitrogens with two attached hydrogens (primary N) is 1. The first-order valence-electron chi connectivity index (χ1n) is 8.61. The molecular formula is C16H28N4O8. The van der Waals surface area contributed by atoms with Crippen LogP contribution in [0.1, 0.15) is 33.6 Å². The van der Waals surface area contributed by atoms with Gasteiger partial charge in [-0.1, -0.05) is 13.8 Å². The van der Waals surface area contributed by atoms with Gasteiger partial charge >= 0.3 is 11.9 Å². The van der Waals surface area contributed by atoms with Gasteiger partial charge in [-0.2, -0.15) is 0 Å². The number of carbonyl (C=O) groups excluding carboxylic acids is 3. The van der Waals surface area contributed by atoms with Gasteiger partial charge in [0.05, 0.1) is 19.1 Å². The molecule has 0 rings (SSSR count). The van der Waals surface area contributed by atoms with Crippen molar-refractivity contribution in [3.8, 4) is 0 Å². The second-order valence-electron chi connectivity index (χ2n) is 6.72. The Bertz CT molecular complexity index is 593. The van der Waals surface area contributed by atoms with Crippen LogP contribution in [0.3, 0.4) is 0 Å². The minimum Gasteiger partial charge on any atom is -0.481 e. The maximum absolute atomic E-state index is 12.5. The lowest BCUT2D eigenvalue weighted by Crippen LogP contribution is -2.57. The third kappa shape index (κ3) is 9.28. The van der Waals surface area contributed by atoms with Crippen molar-refractivity contribution in [2.24, 2.45) is 11.7 Å². The summed E-state index contributed by atoms with van der Waals surface area (Å²) in [5.41, 5.74) is 5.46. The van der Waals surface area contributed by atoms with Crippen LogP contribution in [0.15, 0.2) is 0 Å². The zero-order valence-electron chi connectivity index (χ0n) is 16.0. The Morgan fingerprint density at radius 3 is 1.68 bits per heavy atom. The molecule has 0 aromatic carbocycles. The first-order valence-corrected chi connectivity index (χ1v) is 8.61. The van der Waals surface area contributed by atoms with Crippen LogP contribution in [-0.2, 0) is 24.0 Å². The molecule has 0 aliphatic rings. The fraction of sp³-hybridized carbons (Fsp3) is 0.688. The quantitative estimate of drug-likeness (QED) is 0.181. The van der Waals surface area contributed by atoms with E-state index in [1.807, 2.05) is 5.32 Å². The minimum atomic E-state index is -1.66. The maximum Gasteiger partial charge on any atom is 0.328 e. The van der Waals surface area contributed by atoms with E-state index in [9.17, 15) is 24.0 Å².